The summed E-state index contributed by atoms with van der Waals surface area (Å²) in [7, 11) is 4.36. The van der Waals surface area contributed by atoms with Crippen LogP contribution in [0.15, 0.2) is 12.4 Å². The van der Waals surface area contributed by atoms with Crippen molar-refractivity contribution in [3.05, 3.63) is 35.4 Å². The van der Waals surface area contributed by atoms with Crippen molar-refractivity contribution in [2.75, 3.05) is 47.6 Å². The summed E-state index contributed by atoms with van der Waals surface area (Å²) in [5.74, 6) is 2.19. The van der Waals surface area contributed by atoms with Gasteiger partial charge in [-0.05, 0) is 88.0 Å². The van der Waals surface area contributed by atoms with Crippen molar-refractivity contribution in [3.8, 4) is 0 Å². The third-order valence-corrected chi connectivity index (χ3v) is 7.54. The number of hydrogen-bond donors (Lipinski definition) is 2. The molecule has 0 atom stereocenters. The molecular formula is C37H64K2N6O12. The van der Waals surface area contributed by atoms with E-state index < -0.39 is 29.0 Å². The van der Waals surface area contributed by atoms with Crippen molar-refractivity contribution in [1.82, 2.24) is 29.3 Å². The Morgan fingerprint density at radius 2 is 1.23 bits per heavy atom. The number of H-pyrrole nitrogens is 1. The van der Waals surface area contributed by atoms with Gasteiger partial charge in [0.25, 0.3) is 6.47 Å². The normalized spacial score (nSPS) is 14.5. The Morgan fingerprint density at radius 1 is 0.807 bits per heavy atom. The van der Waals surface area contributed by atoms with Crippen molar-refractivity contribution in [2.24, 2.45) is 0 Å². The van der Waals surface area contributed by atoms with Gasteiger partial charge in [0.05, 0.1) is 36.9 Å². The first-order valence-corrected chi connectivity index (χ1v) is 18.2. The standard InChI is InChI=1S/C20H33N3O5.C15H25N3O3.CH2O3.CH4O.2K.H/c1-19(2,3)27-17(24)22(7)13-15-12-21-16(14-8-10-26-11-9-14)23(15)18(25)28-20(4,5)6;1-15(2,3)21-14(19)18(4)10-12-9-16-13(17-12)11-5-7-20-8-6-11;2-1-4-3;1-2;;;/h12,14H,8-11,13H2,1-7H3;9,11H,5-8,10H2,1-4H3,(H,16,17);1,3H;2H,1H3;;;/q;;;;2*+1;-1/p-1. The van der Waals surface area contributed by atoms with E-state index in [9.17, 15) is 14.4 Å². The number of rotatable bonds is 7. The second-order valence-electron chi connectivity index (χ2n) is 15.9. The first kappa shape index (κ1) is 58.1. The average molecular weight is 863 g/mol. The molecule has 0 aromatic carbocycles. The van der Waals surface area contributed by atoms with E-state index in [2.05, 4.69) is 19.8 Å². The van der Waals surface area contributed by atoms with Crippen molar-refractivity contribution >= 4 is 24.8 Å². The summed E-state index contributed by atoms with van der Waals surface area (Å²) >= 11 is 0. The minimum atomic E-state index is -0.636. The molecule has 4 rings (SSSR count). The Hall–Kier alpha value is -0.987. The number of nitrogens with zero attached hydrogens (tertiary/aromatic N) is 5. The maximum absolute atomic E-state index is 12.9. The monoisotopic (exact) mass is 862 g/mol. The van der Waals surface area contributed by atoms with Crippen molar-refractivity contribution in [3.63, 3.8) is 0 Å². The van der Waals surface area contributed by atoms with Crippen LogP contribution >= 0.6 is 0 Å². The van der Waals surface area contributed by atoms with Gasteiger partial charge in [-0.25, -0.2) is 28.9 Å². The maximum atomic E-state index is 12.9. The van der Waals surface area contributed by atoms with E-state index in [0.29, 0.717) is 37.2 Å². The number of nitrogens with one attached hydrogen (secondary N) is 1. The van der Waals surface area contributed by atoms with Gasteiger partial charge in [0.2, 0.25) is 0 Å². The predicted octanol–water partition coefficient (Wildman–Crippen LogP) is -1.24. The number of carbonyl (C=O) groups is 4. The molecule has 0 bridgehead atoms. The summed E-state index contributed by atoms with van der Waals surface area (Å²) in [6.45, 7) is 19.8. The smallest absolute Gasteiger partial charge is 1.00 e. The first-order valence-electron chi connectivity index (χ1n) is 18.2. The number of ether oxygens (including phenoxy) is 5. The summed E-state index contributed by atoms with van der Waals surface area (Å²) < 4.78 is 28.6. The number of aliphatic hydroxyl groups excluding tert-OH is 1. The largest absolute Gasteiger partial charge is 1.00 e. The number of hydrogen-bond acceptors (Lipinski definition) is 14. The molecular weight excluding hydrogens is 799 g/mol. The molecule has 2 aliphatic heterocycles. The maximum Gasteiger partial charge on any atom is 1.00 e. The number of aliphatic hydroxyl groups is 1. The zero-order chi connectivity index (χ0) is 42.0. The van der Waals surface area contributed by atoms with Gasteiger partial charge in [-0.2, -0.15) is 0 Å². The fourth-order valence-electron chi connectivity index (χ4n) is 5.22. The molecule has 18 nitrogen and oxygen atoms in total. The molecule has 316 valence electrons. The molecule has 0 radical (unpaired) electrons. The summed E-state index contributed by atoms with van der Waals surface area (Å²) in [5.41, 5.74) is -0.201. The molecule has 2 aliphatic rings. The summed E-state index contributed by atoms with van der Waals surface area (Å²) in [6, 6.07) is 0. The van der Waals surface area contributed by atoms with Crippen LogP contribution in [0.3, 0.4) is 0 Å². The molecule has 0 spiro atoms. The van der Waals surface area contributed by atoms with Crippen LogP contribution in [0.5, 0.6) is 0 Å². The number of carbonyl (C=O) groups excluding carboxylic acids is 4. The van der Waals surface area contributed by atoms with Crippen molar-refractivity contribution < 1.29 is 162 Å². The number of amides is 2. The van der Waals surface area contributed by atoms with Crippen LogP contribution in [0.25, 0.3) is 0 Å². The van der Waals surface area contributed by atoms with E-state index in [1.165, 1.54) is 9.47 Å². The SMILES string of the molecule is CN(Cc1cnc(C2CCOCC2)[nH]1)C(=O)OC(C)(C)C.CN(Cc1cnc(C2CCOCC2)n1C(=O)OC(C)(C)C)C(=O)OC(C)(C)C.CO.O=CO[O-].[H-].[K+].[K+]. The van der Waals surface area contributed by atoms with E-state index in [4.69, 9.17) is 38.8 Å². The third kappa shape index (κ3) is 23.6. The van der Waals surface area contributed by atoms with Crippen molar-refractivity contribution in [1.29, 1.82) is 0 Å². The van der Waals surface area contributed by atoms with Crippen LogP contribution in [0.4, 0.5) is 14.4 Å². The van der Waals surface area contributed by atoms with Crippen LogP contribution < -0.4 is 108 Å². The van der Waals surface area contributed by atoms with Gasteiger partial charge >= 0.3 is 121 Å². The molecule has 2 saturated heterocycles. The molecule has 4 heterocycles. The number of aromatic amines is 1. The summed E-state index contributed by atoms with van der Waals surface area (Å²) in [5, 5.41) is 15.4. The molecule has 2 N–H and O–H groups in total. The molecule has 2 aromatic heterocycles. The van der Waals surface area contributed by atoms with E-state index in [1.54, 1.807) is 31.4 Å². The molecule has 0 saturated carbocycles. The van der Waals surface area contributed by atoms with Crippen LogP contribution in [-0.4, -0.2) is 124 Å². The van der Waals surface area contributed by atoms with Gasteiger partial charge in [-0.1, -0.05) is 0 Å². The topological polar surface area (TPSA) is 220 Å². The van der Waals surface area contributed by atoms with Gasteiger partial charge in [0, 0.05) is 59.5 Å². The van der Waals surface area contributed by atoms with E-state index in [-0.39, 0.29) is 129 Å². The molecule has 57 heavy (non-hydrogen) atoms. The Balaban J connectivity index is -0.000000899. The van der Waals surface area contributed by atoms with Gasteiger partial charge in [-0.3, -0.25) is 4.79 Å². The Labute approximate surface area is 424 Å². The first-order chi connectivity index (χ1) is 25.6. The fraction of sp³-hybridized carbons (Fsp3) is 0.730. The Morgan fingerprint density at radius 3 is 1.65 bits per heavy atom. The second kappa shape index (κ2) is 28.5. The fourth-order valence-corrected chi connectivity index (χ4v) is 5.22. The molecule has 2 fully saturated rings. The quantitative estimate of drug-likeness (QED) is 0.110. The van der Waals surface area contributed by atoms with Crippen LogP contribution in [-0.2, 0) is 46.5 Å². The third-order valence-electron chi connectivity index (χ3n) is 7.54. The van der Waals surface area contributed by atoms with Crippen LogP contribution in [0.2, 0.25) is 0 Å². The van der Waals surface area contributed by atoms with Crippen LogP contribution in [0.1, 0.15) is 124 Å². The minimum absolute atomic E-state index is 0. The van der Waals surface area contributed by atoms with E-state index in [1.807, 2.05) is 62.3 Å². The van der Waals surface area contributed by atoms with Gasteiger partial charge < -0.3 is 55.1 Å². The molecule has 20 heteroatoms. The van der Waals surface area contributed by atoms with Crippen LogP contribution in [0, 0.1) is 0 Å². The van der Waals surface area contributed by atoms with E-state index in [0.717, 1.165) is 57.5 Å². The van der Waals surface area contributed by atoms with Crippen molar-refractivity contribution in [2.45, 2.75) is 130 Å². The summed E-state index contributed by atoms with van der Waals surface area (Å²) in [6.07, 6.45) is 5.73. The van der Waals surface area contributed by atoms with E-state index >= 15 is 0 Å². The second-order valence-corrected chi connectivity index (χ2v) is 15.9. The molecule has 2 aromatic rings. The number of imidazole rings is 2. The molecule has 2 amide bonds. The minimum Gasteiger partial charge on any atom is -1.00 e. The average Bonchev–Trinajstić information content (AvgIpc) is 3.75. The summed E-state index contributed by atoms with van der Waals surface area (Å²) in [4.78, 5) is 63.7. The predicted molar refractivity (Wildman–Crippen MR) is 200 cm³/mol. The zero-order valence-corrected chi connectivity index (χ0v) is 42.9. The Bertz CT molecular complexity index is 1470. The Kier molecular flexibility index (Phi) is 29.1. The van der Waals surface area contributed by atoms with Gasteiger partial charge in [-0.15, -0.1) is 0 Å². The number of aromatic nitrogens is 4. The molecule has 0 aliphatic carbocycles. The van der Waals surface area contributed by atoms with Gasteiger partial charge in [0.1, 0.15) is 28.5 Å². The zero-order valence-electron chi connectivity index (χ0n) is 37.6. The van der Waals surface area contributed by atoms with Gasteiger partial charge in [0.15, 0.2) is 0 Å². The molecule has 0 unspecified atom stereocenters.